The molecule has 30 heavy (non-hydrogen) atoms. The molecule has 0 aromatic rings. The molecule has 0 fully saturated rings. The summed E-state index contributed by atoms with van der Waals surface area (Å²) < 4.78 is 2.74. The SMILES string of the molecule is C#CC.C\C=C(/C=C\C(=C/C)C(\C)=C/C=C(\C)C(=O)NSC)CCCCCCCC. The monoisotopic (exact) mass is 429 g/mol. The number of terminal acetylenes is 1. The average Bonchev–Trinajstić information content (AvgIpc) is 2.73. The number of unbranched alkanes of at least 4 members (excludes halogenated alkanes) is 5. The molecule has 0 aliphatic carbocycles. The lowest BCUT2D eigenvalue weighted by atomic mass is 10.0. The zero-order chi connectivity index (χ0) is 23.2. The van der Waals surface area contributed by atoms with Gasteiger partial charge in [-0.05, 0) is 58.6 Å². The number of allylic oxidation sites excluding steroid dienone is 9. The van der Waals surface area contributed by atoms with Crippen LogP contribution in [-0.4, -0.2) is 12.2 Å². The van der Waals surface area contributed by atoms with E-state index < -0.39 is 0 Å². The van der Waals surface area contributed by atoms with Gasteiger partial charge >= 0.3 is 0 Å². The Morgan fingerprint density at radius 3 is 2.07 bits per heavy atom. The Balaban J connectivity index is 0. The molecule has 0 aromatic heterocycles. The van der Waals surface area contributed by atoms with Crippen LogP contribution in [0.5, 0.6) is 0 Å². The molecule has 0 aliphatic rings. The van der Waals surface area contributed by atoms with E-state index in [1.165, 1.54) is 61.6 Å². The van der Waals surface area contributed by atoms with Crippen molar-refractivity contribution in [3.05, 3.63) is 58.7 Å². The molecule has 0 aromatic carbocycles. The molecule has 0 radical (unpaired) electrons. The number of rotatable bonds is 13. The van der Waals surface area contributed by atoms with E-state index in [-0.39, 0.29) is 5.91 Å². The van der Waals surface area contributed by atoms with Gasteiger partial charge in [0.1, 0.15) is 0 Å². The summed E-state index contributed by atoms with van der Waals surface area (Å²) in [4.78, 5) is 11.8. The summed E-state index contributed by atoms with van der Waals surface area (Å²) in [6, 6.07) is 0. The van der Waals surface area contributed by atoms with E-state index in [9.17, 15) is 4.79 Å². The zero-order valence-electron chi connectivity index (χ0n) is 20.3. The molecular formula is C27H43NOS. The fraction of sp³-hybridized carbons (Fsp3) is 0.519. The van der Waals surface area contributed by atoms with Gasteiger partial charge in [0.05, 0.1) is 0 Å². The van der Waals surface area contributed by atoms with Crippen LogP contribution in [0.4, 0.5) is 0 Å². The zero-order valence-corrected chi connectivity index (χ0v) is 21.1. The van der Waals surface area contributed by atoms with Crippen molar-refractivity contribution in [2.45, 2.75) is 86.5 Å². The minimum Gasteiger partial charge on any atom is -0.297 e. The van der Waals surface area contributed by atoms with Crippen LogP contribution in [0.15, 0.2) is 58.7 Å². The minimum atomic E-state index is -0.0424. The van der Waals surface area contributed by atoms with E-state index >= 15 is 0 Å². The third kappa shape index (κ3) is 17.0. The molecule has 0 saturated carbocycles. The van der Waals surface area contributed by atoms with E-state index in [1.54, 1.807) is 6.92 Å². The number of hydrogen-bond donors (Lipinski definition) is 1. The minimum absolute atomic E-state index is 0.0424. The largest absolute Gasteiger partial charge is 0.297 e. The van der Waals surface area contributed by atoms with Crippen LogP contribution in [0, 0.1) is 12.3 Å². The van der Waals surface area contributed by atoms with Gasteiger partial charge in [0.2, 0.25) is 0 Å². The molecule has 0 spiro atoms. The van der Waals surface area contributed by atoms with Gasteiger partial charge in [-0.15, -0.1) is 12.3 Å². The van der Waals surface area contributed by atoms with Crippen molar-refractivity contribution in [3.63, 3.8) is 0 Å². The molecule has 0 bridgehead atoms. The van der Waals surface area contributed by atoms with Crippen LogP contribution in [0.2, 0.25) is 0 Å². The van der Waals surface area contributed by atoms with Crippen LogP contribution in [-0.2, 0) is 4.79 Å². The summed E-state index contributed by atoms with van der Waals surface area (Å²) in [6.45, 7) is 12.0. The van der Waals surface area contributed by atoms with Crippen LogP contribution >= 0.6 is 11.9 Å². The average molecular weight is 430 g/mol. The van der Waals surface area contributed by atoms with Crippen molar-refractivity contribution in [2.24, 2.45) is 0 Å². The molecule has 168 valence electrons. The van der Waals surface area contributed by atoms with Gasteiger partial charge in [-0.2, -0.15) is 0 Å². The van der Waals surface area contributed by atoms with Crippen molar-refractivity contribution in [3.8, 4) is 12.3 Å². The highest BCUT2D eigenvalue weighted by Crippen LogP contribution is 2.17. The first-order valence-electron chi connectivity index (χ1n) is 11.0. The quantitative estimate of drug-likeness (QED) is 0.105. The van der Waals surface area contributed by atoms with Gasteiger partial charge in [-0.1, -0.05) is 93.0 Å². The molecule has 0 saturated heterocycles. The van der Waals surface area contributed by atoms with Crippen LogP contribution < -0.4 is 4.72 Å². The standard InChI is InChI=1S/C24H39NOS.C3H4/c1-7-10-11-12-13-14-15-22(8-2)18-19-23(9-3)20(4)16-17-21(5)24(26)25-27-6;1-3-2/h8-9,16-19H,7,10-15H2,1-6H3,(H,25,26);1H,2H3/b19-18-,20-16-,21-17+,22-8-,23-9+;. The molecular weight excluding hydrogens is 386 g/mol. The Kier molecular flexibility index (Phi) is 22.0. The van der Waals surface area contributed by atoms with Gasteiger partial charge in [0.15, 0.2) is 0 Å². The van der Waals surface area contributed by atoms with Crippen molar-refractivity contribution in [1.29, 1.82) is 0 Å². The van der Waals surface area contributed by atoms with E-state index in [0.717, 1.165) is 12.0 Å². The smallest absolute Gasteiger partial charge is 0.256 e. The number of hydrogen-bond acceptors (Lipinski definition) is 2. The first-order valence-corrected chi connectivity index (χ1v) is 12.2. The lowest BCUT2D eigenvalue weighted by Gasteiger charge is -2.05. The molecule has 0 rings (SSSR count). The lowest BCUT2D eigenvalue weighted by Crippen LogP contribution is -2.15. The van der Waals surface area contributed by atoms with Crippen molar-refractivity contribution in [1.82, 2.24) is 4.72 Å². The summed E-state index contributed by atoms with van der Waals surface area (Å²) in [7, 11) is 0. The molecule has 3 heteroatoms. The Labute approximate surface area is 191 Å². The molecule has 0 heterocycles. The fourth-order valence-corrected chi connectivity index (χ4v) is 3.03. The number of carbonyl (C=O) groups is 1. The highest BCUT2D eigenvalue weighted by Gasteiger charge is 2.01. The summed E-state index contributed by atoms with van der Waals surface area (Å²) in [5.74, 6) is 2.21. The molecule has 0 aliphatic heterocycles. The van der Waals surface area contributed by atoms with Crippen LogP contribution in [0.25, 0.3) is 0 Å². The Morgan fingerprint density at radius 1 is 0.967 bits per heavy atom. The number of carbonyl (C=O) groups excluding carboxylic acids is 1. The predicted octanol–water partition coefficient (Wildman–Crippen LogP) is 8.11. The van der Waals surface area contributed by atoms with Gasteiger partial charge < -0.3 is 0 Å². The Morgan fingerprint density at radius 2 is 1.53 bits per heavy atom. The number of nitrogens with one attached hydrogen (secondary N) is 1. The van der Waals surface area contributed by atoms with E-state index in [4.69, 9.17) is 0 Å². The van der Waals surface area contributed by atoms with Crippen molar-refractivity contribution >= 4 is 17.9 Å². The first-order chi connectivity index (χ1) is 14.4. The predicted molar refractivity (Wildman–Crippen MR) is 138 cm³/mol. The topological polar surface area (TPSA) is 29.1 Å². The lowest BCUT2D eigenvalue weighted by molar-refractivity contribution is -0.115. The van der Waals surface area contributed by atoms with Gasteiger partial charge in [-0.3, -0.25) is 9.52 Å². The Bertz CT molecular complexity index is 657. The second-order valence-corrected chi connectivity index (χ2v) is 7.69. The second-order valence-electron chi connectivity index (χ2n) is 7.08. The van der Waals surface area contributed by atoms with E-state index in [0.29, 0.717) is 5.57 Å². The van der Waals surface area contributed by atoms with Crippen LogP contribution in [0.3, 0.4) is 0 Å². The van der Waals surface area contributed by atoms with Gasteiger partial charge in [-0.25, -0.2) is 0 Å². The summed E-state index contributed by atoms with van der Waals surface area (Å²) in [5.41, 5.74) is 4.44. The normalized spacial score (nSPS) is 13.0. The molecule has 0 atom stereocenters. The molecule has 1 N–H and O–H groups in total. The summed E-state index contributed by atoms with van der Waals surface area (Å²) in [6.07, 6.45) is 28.2. The Hall–Kier alpha value is -1.92. The first kappa shape index (κ1) is 30.3. The molecule has 0 unspecified atom stereocenters. The molecule has 2 nitrogen and oxygen atoms in total. The van der Waals surface area contributed by atoms with Crippen molar-refractivity contribution in [2.75, 3.05) is 6.26 Å². The maximum Gasteiger partial charge on any atom is 0.256 e. The number of amides is 1. The summed E-state index contributed by atoms with van der Waals surface area (Å²) >= 11 is 1.32. The van der Waals surface area contributed by atoms with Crippen molar-refractivity contribution < 1.29 is 4.79 Å². The van der Waals surface area contributed by atoms with E-state index in [1.807, 2.05) is 25.3 Å². The highest BCUT2D eigenvalue weighted by molar-refractivity contribution is 7.97. The third-order valence-corrected chi connectivity index (χ3v) is 4.96. The van der Waals surface area contributed by atoms with Gasteiger partial charge in [0, 0.05) is 11.8 Å². The third-order valence-electron chi connectivity index (χ3n) is 4.57. The molecule has 1 amide bonds. The summed E-state index contributed by atoms with van der Waals surface area (Å²) in [5, 5.41) is 0. The maximum absolute atomic E-state index is 11.8. The second kappa shape index (κ2) is 21.8. The van der Waals surface area contributed by atoms with Crippen LogP contribution in [0.1, 0.15) is 86.5 Å². The fourth-order valence-electron chi connectivity index (χ4n) is 2.68. The van der Waals surface area contributed by atoms with Gasteiger partial charge in [0.25, 0.3) is 5.91 Å². The van der Waals surface area contributed by atoms with E-state index in [2.05, 4.69) is 69.1 Å². The highest BCUT2D eigenvalue weighted by atomic mass is 32.2. The maximum atomic E-state index is 11.8.